The topological polar surface area (TPSA) is 68.5 Å². The summed E-state index contributed by atoms with van der Waals surface area (Å²) in [4.78, 5) is 0. The van der Waals surface area contributed by atoms with Crippen LogP contribution in [-0.2, 0) is 8.85 Å². The molecular weight excluding hydrogens is 222 g/mol. The fourth-order valence-corrected chi connectivity index (χ4v) is 3.78. The number of hydrogen-bond acceptors (Lipinski definition) is 5. The first-order chi connectivity index (χ1) is 7.39. The van der Waals surface area contributed by atoms with Crippen LogP contribution in [0.4, 0.5) is 0 Å². The van der Waals surface area contributed by atoms with Crippen molar-refractivity contribution in [2.45, 2.75) is 51.7 Å². The van der Waals surface area contributed by atoms with Crippen LogP contribution in [-0.4, -0.2) is 40.8 Å². The van der Waals surface area contributed by atoms with E-state index in [1.165, 1.54) is 0 Å². The van der Waals surface area contributed by atoms with E-state index in [0.717, 1.165) is 6.42 Å². The van der Waals surface area contributed by atoms with Crippen LogP contribution in [0.5, 0.6) is 0 Å². The molecule has 0 saturated heterocycles. The molecule has 16 heavy (non-hydrogen) atoms. The molecule has 5 nitrogen and oxygen atoms in total. The van der Waals surface area contributed by atoms with E-state index in [0.29, 0.717) is 0 Å². The number of hydrogen-bond donors (Lipinski definition) is 3. The van der Waals surface area contributed by atoms with Crippen molar-refractivity contribution in [2.24, 2.45) is 5.73 Å². The van der Waals surface area contributed by atoms with Crippen molar-refractivity contribution in [1.82, 2.24) is 10.6 Å². The molecule has 0 rings (SSSR count). The van der Waals surface area contributed by atoms with Crippen LogP contribution in [0.1, 0.15) is 27.2 Å². The number of rotatable bonds is 8. The van der Waals surface area contributed by atoms with Crippen LogP contribution >= 0.6 is 0 Å². The molecule has 0 bridgehead atoms. The molecule has 0 spiro atoms. The molecule has 0 aliphatic heterocycles. The van der Waals surface area contributed by atoms with Gasteiger partial charge in [-0.1, -0.05) is 6.92 Å². The van der Waals surface area contributed by atoms with Gasteiger partial charge >= 0.3 is 8.56 Å². The van der Waals surface area contributed by atoms with Crippen LogP contribution in [0.25, 0.3) is 0 Å². The van der Waals surface area contributed by atoms with E-state index < -0.39 is 8.56 Å². The molecule has 0 aliphatic rings. The largest absolute Gasteiger partial charge is 0.397 e. The van der Waals surface area contributed by atoms with Crippen molar-refractivity contribution in [1.29, 1.82) is 0 Å². The predicted molar refractivity (Wildman–Crippen MR) is 69.1 cm³/mol. The van der Waals surface area contributed by atoms with Gasteiger partial charge in [0.15, 0.2) is 0 Å². The van der Waals surface area contributed by atoms with Crippen molar-refractivity contribution >= 4 is 8.56 Å². The summed E-state index contributed by atoms with van der Waals surface area (Å²) < 4.78 is 11.1. The van der Waals surface area contributed by atoms with Crippen LogP contribution in [0, 0.1) is 0 Å². The molecule has 4 N–H and O–H groups in total. The monoisotopic (exact) mass is 249 g/mol. The minimum atomic E-state index is -2.13. The molecule has 98 valence electrons. The average molecular weight is 249 g/mol. The minimum Gasteiger partial charge on any atom is -0.397 e. The highest BCUT2D eigenvalue weighted by atomic mass is 28.4. The van der Waals surface area contributed by atoms with Crippen molar-refractivity contribution in [3.05, 3.63) is 0 Å². The molecule has 0 amide bonds. The van der Waals surface area contributed by atoms with Crippen LogP contribution in [0.15, 0.2) is 0 Å². The van der Waals surface area contributed by atoms with Crippen molar-refractivity contribution in [2.75, 3.05) is 14.2 Å². The maximum atomic E-state index is 5.68. The van der Waals surface area contributed by atoms with E-state index in [1.54, 1.807) is 14.2 Å². The van der Waals surface area contributed by atoms with Gasteiger partial charge in [0.1, 0.15) is 0 Å². The lowest BCUT2D eigenvalue weighted by atomic mass is 10.4. The summed E-state index contributed by atoms with van der Waals surface area (Å²) in [6.07, 6.45) is 1.08. The van der Waals surface area contributed by atoms with E-state index in [-0.39, 0.29) is 18.0 Å². The Morgan fingerprint density at radius 3 is 2.00 bits per heavy atom. The van der Waals surface area contributed by atoms with Crippen molar-refractivity contribution in [3.63, 3.8) is 0 Å². The van der Waals surface area contributed by atoms with Crippen molar-refractivity contribution < 1.29 is 8.85 Å². The fourth-order valence-electron chi connectivity index (χ4n) is 1.75. The Morgan fingerprint density at radius 2 is 1.69 bits per heavy atom. The highest BCUT2D eigenvalue weighted by molar-refractivity contribution is 6.67. The number of nitrogens with one attached hydrogen (secondary N) is 2. The molecule has 6 heteroatoms. The second kappa shape index (κ2) is 7.36. The second-order valence-electron chi connectivity index (χ2n) is 4.23. The highest BCUT2D eigenvalue weighted by Gasteiger charge is 2.38. The number of nitrogens with two attached hydrogens (primary N) is 1. The van der Waals surface area contributed by atoms with Gasteiger partial charge in [0, 0.05) is 14.2 Å². The van der Waals surface area contributed by atoms with Crippen LogP contribution in [0.3, 0.4) is 0 Å². The molecule has 0 aliphatic carbocycles. The summed E-state index contributed by atoms with van der Waals surface area (Å²) in [5, 5.41) is 6.67. The molecule has 0 heterocycles. The van der Waals surface area contributed by atoms with E-state index in [2.05, 4.69) is 24.1 Å². The van der Waals surface area contributed by atoms with Crippen LogP contribution in [0.2, 0.25) is 6.55 Å². The Bertz CT molecular complexity index is 189. The Morgan fingerprint density at radius 1 is 1.19 bits per heavy atom. The Balaban J connectivity index is 4.38. The SMILES string of the molecule is CCC(NC(C)NC(C)N)[Si](C)(OC)OC. The Hall–Kier alpha value is 0.0169. The van der Waals surface area contributed by atoms with Gasteiger partial charge in [-0.3, -0.25) is 10.6 Å². The molecule has 3 atom stereocenters. The molecule has 0 aromatic rings. The Labute approximate surface area is 100 Å². The quantitative estimate of drug-likeness (QED) is 0.432. The highest BCUT2D eigenvalue weighted by Crippen LogP contribution is 2.13. The van der Waals surface area contributed by atoms with Gasteiger partial charge in [-0.2, -0.15) is 0 Å². The van der Waals surface area contributed by atoms with E-state index in [4.69, 9.17) is 14.6 Å². The van der Waals surface area contributed by atoms with Gasteiger partial charge in [-0.05, 0) is 26.8 Å². The van der Waals surface area contributed by atoms with Gasteiger partial charge in [0.2, 0.25) is 0 Å². The molecule has 0 aromatic heterocycles. The van der Waals surface area contributed by atoms with E-state index in [9.17, 15) is 0 Å². The first-order valence-corrected chi connectivity index (χ1v) is 8.17. The zero-order valence-electron chi connectivity index (χ0n) is 11.3. The summed E-state index contributed by atoms with van der Waals surface area (Å²) in [5.74, 6) is 0. The lowest BCUT2D eigenvalue weighted by molar-refractivity contribution is 0.220. The second-order valence-corrected chi connectivity index (χ2v) is 7.77. The molecule has 0 radical (unpaired) electrons. The summed E-state index contributed by atoms with van der Waals surface area (Å²) in [5.41, 5.74) is 5.92. The zero-order chi connectivity index (χ0) is 12.8. The normalized spacial score (nSPS) is 18.2. The van der Waals surface area contributed by atoms with E-state index in [1.807, 2.05) is 13.8 Å². The molecule has 3 unspecified atom stereocenters. The van der Waals surface area contributed by atoms with Gasteiger partial charge in [0.25, 0.3) is 0 Å². The van der Waals surface area contributed by atoms with Gasteiger partial charge < -0.3 is 14.6 Å². The summed E-state index contributed by atoms with van der Waals surface area (Å²) in [7, 11) is 1.29. The standard InChI is InChI=1S/C10H27N3O2Si/c1-7-10(16(6,14-4)15-5)13-9(3)12-8(2)11/h8-10,12-13H,7,11H2,1-6H3. The van der Waals surface area contributed by atoms with E-state index >= 15 is 0 Å². The summed E-state index contributed by atoms with van der Waals surface area (Å²) in [6, 6.07) is 0. The molecule has 0 aromatic carbocycles. The Kier molecular flexibility index (Phi) is 7.37. The fraction of sp³-hybridized carbons (Fsp3) is 1.00. The lowest BCUT2D eigenvalue weighted by Gasteiger charge is -2.34. The maximum Gasteiger partial charge on any atom is 0.351 e. The third-order valence-corrected chi connectivity index (χ3v) is 6.28. The smallest absolute Gasteiger partial charge is 0.351 e. The van der Waals surface area contributed by atoms with Gasteiger partial charge in [-0.25, -0.2) is 0 Å². The summed E-state index contributed by atoms with van der Waals surface area (Å²) >= 11 is 0. The lowest BCUT2D eigenvalue weighted by Crippen LogP contribution is -2.61. The first kappa shape index (κ1) is 16.0. The summed E-state index contributed by atoms with van der Waals surface area (Å²) in [6.45, 7) is 8.15. The molecular formula is C10H27N3O2Si. The third-order valence-electron chi connectivity index (χ3n) is 2.82. The molecule has 0 saturated carbocycles. The minimum absolute atomic E-state index is 0.0296. The van der Waals surface area contributed by atoms with Gasteiger partial charge in [0.05, 0.1) is 18.0 Å². The third kappa shape index (κ3) is 4.90. The predicted octanol–water partition coefficient (Wildman–Crippen LogP) is 0.499. The maximum absolute atomic E-state index is 5.68. The average Bonchev–Trinajstić information content (AvgIpc) is 2.23. The van der Waals surface area contributed by atoms with Gasteiger partial charge in [-0.15, -0.1) is 0 Å². The van der Waals surface area contributed by atoms with Crippen molar-refractivity contribution in [3.8, 4) is 0 Å². The molecule has 0 fully saturated rings. The first-order valence-electron chi connectivity index (χ1n) is 5.77. The zero-order valence-corrected chi connectivity index (χ0v) is 12.3. The van der Waals surface area contributed by atoms with Crippen LogP contribution < -0.4 is 16.4 Å².